The van der Waals surface area contributed by atoms with Crippen LogP contribution in [0, 0.1) is 0 Å². The summed E-state index contributed by atoms with van der Waals surface area (Å²) >= 11 is 0. The number of rotatable bonds is 6. The van der Waals surface area contributed by atoms with Crippen LogP contribution in [0.5, 0.6) is 5.75 Å². The molecule has 0 spiro atoms. The lowest BCUT2D eigenvalue weighted by Crippen LogP contribution is -2.30. The van der Waals surface area contributed by atoms with Gasteiger partial charge in [0.05, 0.1) is 12.3 Å². The molecule has 0 aliphatic heterocycles. The maximum Gasteiger partial charge on any atom is 0.314 e. The highest BCUT2D eigenvalue weighted by atomic mass is 16.5. The van der Waals surface area contributed by atoms with Gasteiger partial charge in [-0.3, -0.25) is 9.59 Å². The van der Waals surface area contributed by atoms with Crippen molar-refractivity contribution in [3.8, 4) is 5.75 Å². The van der Waals surface area contributed by atoms with Crippen LogP contribution < -0.4 is 15.4 Å². The first-order valence-electron chi connectivity index (χ1n) is 9.32. The highest BCUT2D eigenvalue weighted by Crippen LogP contribution is 2.32. The maximum atomic E-state index is 12.6. The van der Waals surface area contributed by atoms with Crippen molar-refractivity contribution >= 4 is 23.2 Å². The van der Waals surface area contributed by atoms with Gasteiger partial charge in [0.1, 0.15) is 5.75 Å². The standard InChI is InChI=1S/C22H28N2O3/c1-6-27-19-13-8-7-12-18(19)23-21(25)22(26)24-20-16(14(2)3)10-9-11-17(20)15(4)5/h7-15H,6H2,1-5H3,(H,23,25)(H,24,26). The molecule has 27 heavy (non-hydrogen) atoms. The van der Waals surface area contributed by atoms with Crippen LogP contribution in [0.2, 0.25) is 0 Å². The lowest BCUT2D eigenvalue weighted by Gasteiger charge is -2.20. The minimum atomic E-state index is -0.726. The molecule has 0 heterocycles. The maximum absolute atomic E-state index is 12.6. The van der Waals surface area contributed by atoms with E-state index >= 15 is 0 Å². The van der Waals surface area contributed by atoms with Crippen LogP contribution in [0.1, 0.15) is 57.6 Å². The van der Waals surface area contributed by atoms with Crippen molar-refractivity contribution in [2.75, 3.05) is 17.2 Å². The van der Waals surface area contributed by atoms with Crippen LogP contribution in [0.15, 0.2) is 42.5 Å². The van der Waals surface area contributed by atoms with E-state index in [0.29, 0.717) is 18.0 Å². The molecule has 2 N–H and O–H groups in total. The molecule has 5 nitrogen and oxygen atoms in total. The monoisotopic (exact) mass is 368 g/mol. The third-order valence-electron chi connectivity index (χ3n) is 4.25. The van der Waals surface area contributed by atoms with Crippen molar-refractivity contribution in [1.82, 2.24) is 0 Å². The summed E-state index contributed by atoms with van der Waals surface area (Å²) in [6.07, 6.45) is 0. The van der Waals surface area contributed by atoms with Crippen LogP contribution in [0.3, 0.4) is 0 Å². The molecule has 0 aliphatic rings. The SMILES string of the molecule is CCOc1ccccc1NC(=O)C(=O)Nc1c(C(C)C)cccc1C(C)C. The number of ether oxygens (including phenoxy) is 1. The Morgan fingerprint density at radius 2 is 1.41 bits per heavy atom. The minimum absolute atomic E-state index is 0.223. The smallest absolute Gasteiger partial charge is 0.314 e. The van der Waals surface area contributed by atoms with E-state index in [9.17, 15) is 9.59 Å². The minimum Gasteiger partial charge on any atom is -0.492 e. The molecule has 2 rings (SSSR count). The van der Waals surface area contributed by atoms with E-state index in [2.05, 4.69) is 38.3 Å². The topological polar surface area (TPSA) is 67.4 Å². The summed E-state index contributed by atoms with van der Waals surface area (Å²) in [5.41, 5.74) is 3.22. The van der Waals surface area contributed by atoms with Crippen LogP contribution in [0.25, 0.3) is 0 Å². The Hall–Kier alpha value is -2.82. The number of benzene rings is 2. The summed E-state index contributed by atoms with van der Waals surface area (Å²) in [5.74, 6) is -0.445. The van der Waals surface area contributed by atoms with Crippen molar-refractivity contribution in [3.05, 3.63) is 53.6 Å². The van der Waals surface area contributed by atoms with Crippen molar-refractivity contribution in [1.29, 1.82) is 0 Å². The summed E-state index contributed by atoms with van der Waals surface area (Å²) in [6, 6.07) is 13.0. The van der Waals surface area contributed by atoms with Crippen LogP contribution >= 0.6 is 0 Å². The van der Waals surface area contributed by atoms with Crippen molar-refractivity contribution in [2.45, 2.75) is 46.5 Å². The van der Waals surface area contributed by atoms with Gasteiger partial charge >= 0.3 is 11.8 Å². The molecule has 2 amide bonds. The fraction of sp³-hybridized carbons (Fsp3) is 0.364. The molecular formula is C22H28N2O3. The van der Waals surface area contributed by atoms with Gasteiger partial charge in [-0.2, -0.15) is 0 Å². The number of nitrogens with one attached hydrogen (secondary N) is 2. The van der Waals surface area contributed by atoms with Crippen molar-refractivity contribution in [2.24, 2.45) is 0 Å². The number of carbonyl (C=O) groups excluding carboxylic acids is 2. The summed E-state index contributed by atoms with van der Waals surface area (Å²) in [6.45, 7) is 10.6. The van der Waals surface area contributed by atoms with Crippen LogP contribution in [-0.2, 0) is 9.59 Å². The summed E-state index contributed by atoms with van der Waals surface area (Å²) in [5, 5.41) is 5.46. The van der Waals surface area contributed by atoms with E-state index in [1.165, 1.54) is 0 Å². The van der Waals surface area contributed by atoms with E-state index in [-0.39, 0.29) is 11.8 Å². The van der Waals surface area contributed by atoms with E-state index in [1.807, 2.05) is 31.2 Å². The third kappa shape index (κ3) is 5.09. The summed E-state index contributed by atoms with van der Waals surface area (Å²) in [4.78, 5) is 25.0. The lowest BCUT2D eigenvalue weighted by atomic mass is 9.92. The predicted molar refractivity (Wildman–Crippen MR) is 109 cm³/mol. The average molecular weight is 368 g/mol. The highest BCUT2D eigenvalue weighted by Gasteiger charge is 2.21. The number of para-hydroxylation sites is 3. The second kappa shape index (κ2) is 9.21. The molecule has 0 aliphatic carbocycles. The molecule has 5 heteroatoms. The zero-order valence-electron chi connectivity index (χ0n) is 16.6. The Balaban J connectivity index is 2.24. The fourth-order valence-corrected chi connectivity index (χ4v) is 2.90. The average Bonchev–Trinajstić information content (AvgIpc) is 2.63. The lowest BCUT2D eigenvalue weighted by molar-refractivity contribution is -0.133. The van der Waals surface area contributed by atoms with Gasteiger partial charge in [0.15, 0.2) is 0 Å². The van der Waals surface area contributed by atoms with Gasteiger partial charge in [0, 0.05) is 5.69 Å². The van der Waals surface area contributed by atoms with Gasteiger partial charge in [-0.25, -0.2) is 0 Å². The normalized spacial score (nSPS) is 10.8. The van der Waals surface area contributed by atoms with E-state index < -0.39 is 11.8 Å². The van der Waals surface area contributed by atoms with Crippen LogP contribution in [-0.4, -0.2) is 18.4 Å². The largest absolute Gasteiger partial charge is 0.492 e. The summed E-state index contributed by atoms with van der Waals surface area (Å²) in [7, 11) is 0. The van der Waals surface area contributed by atoms with Gasteiger partial charge in [-0.15, -0.1) is 0 Å². The number of carbonyl (C=O) groups is 2. The Kier molecular flexibility index (Phi) is 6.99. The molecule has 2 aromatic rings. The molecule has 0 unspecified atom stereocenters. The van der Waals surface area contributed by atoms with Crippen molar-refractivity contribution in [3.63, 3.8) is 0 Å². The Morgan fingerprint density at radius 1 is 0.852 bits per heavy atom. The zero-order valence-corrected chi connectivity index (χ0v) is 16.6. The fourth-order valence-electron chi connectivity index (χ4n) is 2.90. The van der Waals surface area contributed by atoms with Gasteiger partial charge < -0.3 is 15.4 Å². The Labute approximate surface area is 161 Å². The molecule has 0 atom stereocenters. The molecule has 144 valence electrons. The Morgan fingerprint density at radius 3 is 1.96 bits per heavy atom. The second-order valence-corrected chi connectivity index (χ2v) is 6.96. The molecule has 2 aromatic carbocycles. The van der Waals surface area contributed by atoms with Gasteiger partial charge in [-0.1, -0.05) is 58.0 Å². The summed E-state index contributed by atoms with van der Waals surface area (Å²) < 4.78 is 5.49. The molecule has 0 bridgehead atoms. The second-order valence-electron chi connectivity index (χ2n) is 6.96. The number of hydrogen-bond donors (Lipinski definition) is 2. The molecule has 0 aromatic heterocycles. The van der Waals surface area contributed by atoms with E-state index in [1.54, 1.807) is 18.2 Å². The van der Waals surface area contributed by atoms with E-state index in [4.69, 9.17) is 4.74 Å². The molecule has 0 saturated carbocycles. The molecule has 0 fully saturated rings. The first kappa shape index (κ1) is 20.5. The quantitative estimate of drug-likeness (QED) is 0.712. The van der Waals surface area contributed by atoms with Crippen molar-refractivity contribution < 1.29 is 14.3 Å². The number of amides is 2. The Bertz CT molecular complexity index is 787. The van der Waals surface area contributed by atoms with Crippen LogP contribution in [0.4, 0.5) is 11.4 Å². The van der Waals surface area contributed by atoms with Gasteiger partial charge in [0.25, 0.3) is 0 Å². The first-order chi connectivity index (χ1) is 12.8. The molecule has 0 saturated heterocycles. The van der Waals surface area contributed by atoms with Gasteiger partial charge in [-0.05, 0) is 42.0 Å². The molecule has 0 radical (unpaired) electrons. The first-order valence-corrected chi connectivity index (χ1v) is 9.32. The third-order valence-corrected chi connectivity index (χ3v) is 4.25. The molecular weight excluding hydrogens is 340 g/mol. The zero-order chi connectivity index (χ0) is 20.0. The predicted octanol–water partition coefficient (Wildman–Crippen LogP) is 4.91. The highest BCUT2D eigenvalue weighted by molar-refractivity contribution is 6.44. The van der Waals surface area contributed by atoms with Gasteiger partial charge in [0.2, 0.25) is 0 Å². The van der Waals surface area contributed by atoms with E-state index in [0.717, 1.165) is 16.8 Å². The number of hydrogen-bond acceptors (Lipinski definition) is 3. The number of anilines is 2.